The topological polar surface area (TPSA) is 121 Å². The molecular formula is C42H48N4O6. The summed E-state index contributed by atoms with van der Waals surface area (Å²) in [6, 6.07) is 12.1. The highest BCUT2D eigenvalue weighted by Gasteiger charge is 2.25. The van der Waals surface area contributed by atoms with Crippen molar-refractivity contribution in [1.29, 1.82) is 0 Å². The molecule has 8 rings (SSSR count). The van der Waals surface area contributed by atoms with Gasteiger partial charge < -0.3 is 29.2 Å². The van der Waals surface area contributed by atoms with E-state index in [0.717, 1.165) is 106 Å². The van der Waals surface area contributed by atoms with Crippen molar-refractivity contribution < 1.29 is 19.1 Å². The number of hydrogen-bond acceptors (Lipinski definition) is 6. The number of hydrogen-bond donors (Lipinski definition) is 2. The lowest BCUT2D eigenvalue weighted by molar-refractivity contribution is -0.117. The van der Waals surface area contributed by atoms with Gasteiger partial charge in [-0.05, 0) is 140 Å². The number of ether oxygens (including phenoxy) is 2. The molecule has 0 radical (unpaired) electrons. The lowest BCUT2D eigenvalue weighted by Gasteiger charge is -2.28. The molecule has 0 saturated heterocycles. The summed E-state index contributed by atoms with van der Waals surface area (Å²) in [4.78, 5) is 47.6. The summed E-state index contributed by atoms with van der Waals surface area (Å²) in [5.74, 6) is 0.128. The predicted octanol–water partition coefficient (Wildman–Crippen LogP) is 6.63. The Kier molecular flexibility index (Phi) is 10.3. The normalized spacial score (nSPS) is 16.8. The summed E-state index contributed by atoms with van der Waals surface area (Å²) in [5.41, 5.74) is 11.9. The van der Waals surface area contributed by atoms with Gasteiger partial charge in [0.05, 0.1) is 25.4 Å². The number of pyridine rings is 2. The lowest BCUT2D eigenvalue weighted by atomic mass is 9.90. The molecule has 2 saturated carbocycles. The van der Waals surface area contributed by atoms with E-state index in [4.69, 9.17) is 9.47 Å². The zero-order valence-electron chi connectivity index (χ0n) is 30.6. The molecule has 0 atom stereocenters. The number of nitrogens with zero attached hydrogens (tertiary/aromatic N) is 2. The van der Waals surface area contributed by atoms with Gasteiger partial charge in [0, 0.05) is 61.8 Å². The van der Waals surface area contributed by atoms with Crippen LogP contribution in [-0.2, 0) is 59.2 Å². The number of amides is 2. The fourth-order valence-electron chi connectivity index (χ4n) is 7.38. The molecule has 10 nitrogen and oxygen atoms in total. The van der Waals surface area contributed by atoms with Gasteiger partial charge in [0.15, 0.2) is 0 Å². The van der Waals surface area contributed by atoms with E-state index >= 15 is 0 Å². The lowest BCUT2D eigenvalue weighted by Crippen LogP contribution is -2.24. The Morgan fingerprint density at radius 1 is 0.654 bits per heavy atom. The quantitative estimate of drug-likeness (QED) is 0.213. The number of nitrogens with one attached hydrogen (secondary N) is 2. The molecule has 272 valence electrons. The summed E-state index contributed by atoms with van der Waals surface area (Å²) in [6.45, 7) is 4.75. The van der Waals surface area contributed by atoms with E-state index in [1.807, 2.05) is 56.6 Å². The molecule has 4 aliphatic rings. The van der Waals surface area contributed by atoms with Crippen molar-refractivity contribution in [2.75, 3.05) is 10.6 Å². The molecule has 2 fully saturated rings. The van der Waals surface area contributed by atoms with Gasteiger partial charge in [-0.1, -0.05) is 6.07 Å². The van der Waals surface area contributed by atoms with Gasteiger partial charge in [-0.15, -0.1) is 0 Å². The van der Waals surface area contributed by atoms with Gasteiger partial charge in [0.1, 0.15) is 0 Å². The first-order valence-electron chi connectivity index (χ1n) is 18.5. The van der Waals surface area contributed by atoms with Crippen LogP contribution in [0.1, 0.15) is 84.7 Å². The molecule has 2 N–H and O–H groups in total. The van der Waals surface area contributed by atoms with Crippen LogP contribution in [0.3, 0.4) is 0 Å². The van der Waals surface area contributed by atoms with Gasteiger partial charge >= 0.3 is 0 Å². The average Bonchev–Trinajstić information content (AvgIpc) is 3.07. The van der Waals surface area contributed by atoms with Crippen LogP contribution in [0.2, 0.25) is 0 Å². The van der Waals surface area contributed by atoms with Crippen LogP contribution in [0.5, 0.6) is 0 Å². The predicted molar refractivity (Wildman–Crippen MR) is 202 cm³/mol. The summed E-state index contributed by atoms with van der Waals surface area (Å²) in [5, 5.41) is 5.95. The molecule has 10 heteroatoms. The van der Waals surface area contributed by atoms with Gasteiger partial charge in [-0.2, -0.15) is 0 Å². The minimum atomic E-state index is 0.0197. The maximum Gasteiger partial charge on any atom is 0.253 e. The average molecular weight is 705 g/mol. The molecule has 0 unspecified atom stereocenters. The number of aromatic nitrogens is 2. The highest BCUT2D eigenvalue weighted by molar-refractivity contribution is 5.95. The van der Waals surface area contributed by atoms with Crippen LogP contribution >= 0.6 is 0 Å². The van der Waals surface area contributed by atoms with Gasteiger partial charge in [0.2, 0.25) is 11.8 Å². The van der Waals surface area contributed by atoms with Crippen molar-refractivity contribution in [2.24, 2.45) is 14.1 Å². The zero-order valence-corrected chi connectivity index (χ0v) is 30.6. The first-order valence-corrected chi connectivity index (χ1v) is 18.5. The Balaban J connectivity index is 0.000000162. The maximum atomic E-state index is 12.1. The first-order chi connectivity index (χ1) is 25.0. The highest BCUT2D eigenvalue weighted by atomic mass is 16.5. The fraction of sp³-hybridized carbons (Fsp3) is 0.429. The Hall–Kier alpha value is -4.80. The third-order valence-corrected chi connectivity index (χ3v) is 10.9. The van der Waals surface area contributed by atoms with Gasteiger partial charge in [-0.25, -0.2) is 0 Å². The second kappa shape index (κ2) is 15.0. The van der Waals surface area contributed by atoms with E-state index in [-0.39, 0.29) is 22.9 Å². The van der Waals surface area contributed by atoms with Crippen LogP contribution in [0.25, 0.3) is 22.3 Å². The number of rotatable bonds is 8. The fourth-order valence-corrected chi connectivity index (χ4v) is 7.38. The number of aryl methyl sites for hydroxylation is 5. The minimum absolute atomic E-state index is 0.0197. The Morgan fingerprint density at radius 3 is 1.79 bits per heavy atom. The third kappa shape index (κ3) is 7.54. The molecule has 2 aliphatic heterocycles. The minimum Gasteiger partial charge on any atom is -0.374 e. The van der Waals surface area contributed by atoms with E-state index in [1.54, 1.807) is 23.2 Å². The summed E-state index contributed by atoms with van der Waals surface area (Å²) < 4.78 is 15.4. The second-order valence-electron chi connectivity index (χ2n) is 14.8. The van der Waals surface area contributed by atoms with Crippen molar-refractivity contribution in [1.82, 2.24) is 9.13 Å². The summed E-state index contributed by atoms with van der Waals surface area (Å²) in [6.07, 6.45) is 13.9. The molecule has 2 aromatic heterocycles. The Labute approximate surface area is 304 Å². The smallest absolute Gasteiger partial charge is 0.253 e. The molecule has 2 aromatic carbocycles. The zero-order chi connectivity index (χ0) is 36.5. The van der Waals surface area contributed by atoms with Crippen LogP contribution in [-0.4, -0.2) is 33.2 Å². The molecule has 2 aliphatic carbocycles. The number of anilines is 2. The number of carbonyl (C=O) groups is 2. The standard InChI is InChI=1S/2C21H24N2O3/c1-13-10-14(11-23(2)21(13)25)16-6-8-19-17(7-9-20(24)22-19)18(16)12-26-15-4-3-5-15;1-13-8-15(11-23(2)21(13)25)18-9-14-6-7-20(24)22-19(14)10-16(18)12-26-17-4-3-5-17/h6,8,10-11,15H,3-5,7,9,12H2,1-2H3,(H,22,24);8-11,17H,3-7,12H2,1-2H3,(H,22,24). The van der Waals surface area contributed by atoms with Gasteiger partial charge in [0.25, 0.3) is 11.1 Å². The van der Waals surface area contributed by atoms with E-state index in [2.05, 4.69) is 16.7 Å². The van der Waals surface area contributed by atoms with Crippen LogP contribution < -0.4 is 21.8 Å². The second-order valence-corrected chi connectivity index (χ2v) is 14.8. The maximum absolute atomic E-state index is 12.1. The van der Waals surface area contributed by atoms with Crippen molar-refractivity contribution in [3.8, 4) is 22.3 Å². The monoisotopic (exact) mass is 704 g/mol. The third-order valence-electron chi connectivity index (χ3n) is 10.9. The Bertz CT molecular complexity index is 2030. The number of fused-ring (bicyclic) bond motifs is 2. The van der Waals surface area contributed by atoms with Crippen molar-refractivity contribution in [3.05, 3.63) is 103 Å². The Morgan fingerprint density at radius 2 is 1.21 bits per heavy atom. The van der Waals surface area contributed by atoms with Crippen molar-refractivity contribution >= 4 is 23.2 Å². The van der Waals surface area contributed by atoms with E-state index in [0.29, 0.717) is 38.3 Å². The van der Waals surface area contributed by atoms with E-state index < -0.39 is 0 Å². The van der Waals surface area contributed by atoms with Crippen molar-refractivity contribution in [2.45, 2.75) is 103 Å². The SMILES string of the molecule is Cc1cc(-c2cc3c(cc2COC2CCC2)NC(=O)CC3)cn(C)c1=O.Cc1cc(-c2ccc3c(c2COC2CCC2)CCC(=O)N3)cn(C)c1=O. The summed E-state index contributed by atoms with van der Waals surface area (Å²) >= 11 is 0. The van der Waals surface area contributed by atoms with Crippen LogP contribution in [0.15, 0.2) is 58.4 Å². The molecule has 52 heavy (non-hydrogen) atoms. The summed E-state index contributed by atoms with van der Waals surface area (Å²) in [7, 11) is 3.56. The molecule has 4 aromatic rings. The van der Waals surface area contributed by atoms with Crippen LogP contribution in [0.4, 0.5) is 11.4 Å². The molecule has 2 amide bonds. The number of benzene rings is 2. The highest BCUT2D eigenvalue weighted by Crippen LogP contribution is 2.37. The largest absolute Gasteiger partial charge is 0.374 e. The number of carbonyl (C=O) groups excluding carboxylic acids is 2. The van der Waals surface area contributed by atoms with Crippen molar-refractivity contribution in [3.63, 3.8) is 0 Å². The van der Waals surface area contributed by atoms with Crippen LogP contribution in [0, 0.1) is 13.8 Å². The molecule has 0 spiro atoms. The van der Waals surface area contributed by atoms with E-state index in [1.165, 1.54) is 12.8 Å². The molecule has 4 heterocycles. The van der Waals surface area contributed by atoms with Gasteiger partial charge in [-0.3, -0.25) is 19.2 Å². The molecule has 0 bridgehead atoms. The molecular weight excluding hydrogens is 656 g/mol. The van der Waals surface area contributed by atoms with E-state index in [9.17, 15) is 19.2 Å². The first kappa shape index (κ1) is 35.6.